The maximum atomic E-state index is 16.1. The Balaban J connectivity index is -0.000000561. The molecule has 0 bridgehead atoms. The van der Waals surface area contributed by atoms with Gasteiger partial charge in [-0.15, -0.1) is 0 Å². The molecule has 0 aromatic heterocycles. The fourth-order valence-electron chi connectivity index (χ4n) is 17.4. The van der Waals surface area contributed by atoms with Crippen LogP contribution in [0.2, 0.25) is 0 Å². The molecule has 0 unspecified atom stereocenters. The van der Waals surface area contributed by atoms with Crippen LogP contribution in [0.15, 0.2) is 0 Å². The molecule has 0 aromatic rings. The molecule has 568 valence electrons. The molecule has 8 heteroatoms. The van der Waals surface area contributed by atoms with Crippen LogP contribution >= 0.6 is 27.7 Å². The summed E-state index contributed by atoms with van der Waals surface area (Å²) in [4.78, 5) is 0. The van der Waals surface area contributed by atoms with E-state index in [1.807, 2.05) is 0 Å². The average molecular weight is 1390 g/mol. The fourth-order valence-corrected chi connectivity index (χ4v) is 40.2. The molecule has 0 amide bonds. The van der Waals surface area contributed by atoms with E-state index in [2.05, 4.69) is 111 Å². The fraction of sp³-hybridized carbons (Fsp3) is 1.00. The number of unbranched alkanes of at least 4 members (excludes halogenated alkanes) is 36. The first-order valence-electron chi connectivity index (χ1n) is 43.0. The second kappa shape index (κ2) is 64.5. The quantitative estimate of drug-likeness (QED) is 0.0323. The molecule has 0 spiro atoms. The second-order valence-corrected chi connectivity index (χ2v) is 53.3. The summed E-state index contributed by atoms with van der Waals surface area (Å²) in [5.41, 5.74) is 0. The van der Waals surface area contributed by atoms with Gasteiger partial charge in [-0.25, -0.2) is 0 Å². The van der Waals surface area contributed by atoms with Gasteiger partial charge in [0, 0.05) is 0 Å². The Hall–Kier alpha value is 1.44. The average Bonchev–Trinajstić information content (AvgIpc) is 0.938. The van der Waals surface area contributed by atoms with Crippen LogP contribution < -0.4 is 0 Å². The zero-order chi connectivity index (χ0) is 69.9. The molecule has 0 fully saturated rings. The van der Waals surface area contributed by atoms with Crippen LogP contribution in [0.25, 0.3) is 0 Å². The van der Waals surface area contributed by atoms with Crippen molar-refractivity contribution in [2.75, 3.05) is 98.6 Å². The van der Waals surface area contributed by atoms with Crippen LogP contribution in [0.4, 0.5) is 16.8 Å². The Morgan fingerprint density at radius 2 is 0.196 bits per heavy atom. The SMILES string of the molecule is CCCCCCCCCCCCP(F)(CCC)(CCC)CCC.CCCCCCCCCCCCP(F)(CCC)(CCC)CCC.CCCCCCCCCCCCP(F)(CCC)(CCC)CCC.CCCCCCCCCCCCP(F)(CCC)(CCC)CCC. The predicted octanol–water partition coefficient (Wildman–Crippen LogP) is 34.3. The zero-order valence-electron chi connectivity index (χ0n) is 67.4. The van der Waals surface area contributed by atoms with Crippen molar-refractivity contribution in [1.82, 2.24) is 0 Å². The van der Waals surface area contributed by atoms with Crippen LogP contribution in [0, 0.1) is 0 Å². The van der Waals surface area contributed by atoms with E-state index in [-0.39, 0.29) is 0 Å². The molecule has 0 rings (SSSR count). The van der Waals surface area contributed by atoms with Crippen molar-refractivity contribution in [3.05, 3.63) is 0 Å². The minimum absolute atomic E-state index is 0.894. The molecular weight excluding hydrogens is 1210 g/mol. The Labute approximate surface area is 584 Å². The minimum atomic E-state index is -2.87. The third-order valence-electron chi connectivity index (χ3n) is 21.7. The molecule has 0 N–H and O–H groups in total. The van der Waals surface area contributed by atoms with E-state index >= 15 is 16.8 Å². The predicted molar refractivity (Wildman–Crippen MR) is 441 cm³/mol. The van der Waals surface area contributed by atoms with Crippen molar-refractivity contribution >= 4 is 27.7 Å². The summed E-state index contributed by atoms with van der Waals surface area (Å²) < 4.78 is 64.2. The summed E-state index contributed by atoms with van der Waals surface area (Å²) in [6, 6.07) is 0. The summed E-state index contributed by atoms with van der Waals surface area (Å²) in [5, 5.41) is 0. The van der Waals surface area contributed by atoms with Crippen molar-refractivity contribution in [3.63, 3.8) is 0 Å². The third-order valence-corrected chi connectivity index (χ3v) is 46.2. The van der Waals surface area contributed by atoms with Gasteiger partial charge in [-0.3, -0.25) is 0 Å². The molecule has 0 nitrogen and oxygen atoms in total. The van der Waals surface area contributed by atoms with E-state index < -0.39 is 27.7 Å². The Bertz CT molecular complexity index is 1200. The molecular formula is C84H184F4P4. The molecule has 0 saturated heterocycles. The zero-order valence-corrected chi connectivity index (χ0v) is 71.0. The molecule has 0 aliphatic rings. The van der Waals surface area contributed by atoms with Crippen LogP contribution in [-0.2, 0) is 0 Å². The molecule has 92 heavy (non-hydrogen) atoms. The summed E-state index contributed by atoms with van der Waals surface area (Å²) in [7, 11) is 0. The van der Waals surface area contributed by atoms with Gasteiger partial charge in [0.05, 0.1) is 0 Å². The van der Waals surface area contributed by atoms with Gasteiger partial charge >= 0.3 is 588 Å². The van der Waals surface area contributed by atoms with Crippen molar-refractivity contribution in [3.8, 4) is 0 Å². The molecule has 0 aromatic carbocycles. The summed E-state index contributed by atoms with van der Waals surface area (Å²) in [5.74, 6) is 0. The Kier molecular flexibility index (Phi) is 70.0. The number of rotatable bonds is 68. The van der Waals surface area contributed by atoms with Gasteiger partial charge < -0.3 is 0 Å². The van der Waals surface area contributed by atoms with Crippen molar-refractivity contribution < 1.29 is 16.8 Å². The van der Waals surface area contributed by atoms with Crippen molar-refractivity contribution in [2.45, 2.75) is 445 Å². The first kappa shape index (κ1) is 99.8. The molecule has 0 aliphatic carbocycles. The van der Waals surface area contributed by atoms with Gasteiger partial charge in [0.1, 0.15) is 0 Å². The van der Waals surface area contributed by atoms with Crippen LogP contribution in [0.3, 0.4) is 0 Å². The molecule has 0 aliphatic heterocycles. The number of hydrogen-bond acceptors (Lipinski definition) is 0. The summed E-state index contributed by atoms with van der Waals surface area (Å²) in [6.45, 7) is 23.7. The van der Waals surface area contributed by atoms with Crippen LogP contribution in [0.5, 0.6) is 0 Å². The van der Waals surface area contributed by atoms with Crippen molar-refractivity contribution in [1.29, 1.82) is 0 Å². The van der Waals surface area contributed by atoms with E-state index in [1.165, 1.54) is 231 Å². The third kappa shape index (κ3) is 54.2. The summed E-state index contributed by atoms with van der Waals surface area (Å²) in [6.07, 6.45) is 80.6. The number of hydrogen-bond donors (Lipinski definition) is 0. The van der Waals surface area contributed by atoms with Gasteiger partial charge in [0.25, 0.3) is 0 Å². The van der Waals surface area contributed by atoms with E-state index in [9.17, 15) is 0 Å². The first-order chi connectivity index (χ1) is 44.2. The van der Waals surface area contributed by atoms with Gasteiger partial charge in [-0.05, 0) is 0 Å². The van der Waals surface area contributed by atoms with Gasteiger partial charge in [0.15, 0.2) is 0 Å². The molecule has 0 atom stereocenters. The molecule has 0 radical (unpaired) electrons. The Morgan fingerprint density at radius 3 is 0.283 bits per heavy atom. The van der Waals surface area contributed by atoms with E-state index in [0.717, 1.165) is 201 Å². The monoisotopic (exact) mass is 1390 g/mol. The van der Waals surface area contributed by atoms with Gasteiger partial charge in [-0.2, -0.15) is 0 Å². The maximum absolute atomic E-state index is 16.1. The Morgan fingerprint density at radius 1 is 0.109 bits per heavy atom. The van der Waals surface area contributed by atoms with Crippen LogP contribution in [0.1, 0.15) is 445 Å². The van der Waals surface area contributed by atoms with Gasteiger partial charge in [0.2, 0.25) is 0 Å². The first-order valence-corrected chi connectivity index (χ1v) is 54.5. The van der Waals surface area contributed by atoms with Crippen LogP contribution in [-0.4, -0.2) is 98.6 Å². The standard InChI is InChI=1S/4C21H46FP/c4*1-5-9-10-11-12-13-14-15-16-17-21-23(22,18-6-2,19-7-3)20-8-4/h4*5-21H2,1-4H3. The van der Waals surface area contributed by atoms with Crippen molar-refractivity contribution in [2.24, 2.45) is 0 Å². The summed E-state index contributed by atoms with van der Waals surface area (Å²) >= 11 is 0. The molecule has 0 saturated carbocycles. The number of halogens is 4. The second-order valence-electron chi connectivity index (χ2n) is 31.6. The normalized spacial score (nSPS) is 13.9. The van der Waals surface area contributed by atoms with E-state index in [4.69, 9.17) is 0 Å². The molecule has 0 heterocycles. The van der Waals surface area contributed by atoms with Gasteiger partial charge in [-0.1, -0.05) is 0 Å². The topological polar surface area (TPSA) is 0 Å². The van der Waals surface area contributed by atoms with E-state index in [0.29, 0.717) is 0 Å². The van der Waals surface area contributed by atoms with E-state index in [1.54, 1.807) is 0 Å².